The fourth-order valence-electron chi connectivity index (χ4n) is 1.30. The van der Waals surface area contributed by atoms with Gasteiger partial charge in [0.05, 0.1) is 24.9 Å². The molecule has 0 amide bonds. The van der Waals surface area contributed by atoms with Gasteiger partial charge in [-0.05, 0) is 17.7 Å². The molecule has 0 aliphatic heterocycles. The van der Waals surface area contributed by atoms with Crippen LogP contribution in [0.15, 0.2) is 24.5 Å². The van der Waals surface area contributed by atoms with Crippen molar-refractivity contribution < 1.29 is 10.2 Å². The molecular weight excluding hydrogens is 168 g/mol. The van der Waals surface area contributed by atoms with Crippen LogP contribution in [0, 0.1) is 0 Å². The van der Waals surface area contributed by atoms with E-state index in [0.29, 0.717) is 0 Å². The van der Waals surface area contributed by atoms with Gasteiger partial charge in [-0.2, -0.15) is 5.10 Å². The van der Waals surface area contributed by atoms with E-state index in [0.717, 1.165) is 16.6 Å². The minimum Gasteiger partial charge on any atom is -0.392 e. The zero-order chi connectivity index (χ0) is 9.26. The molecule has 0 saturated heterocycles. The monoisotopic (exact) mass is 178 g/mol. The van der Waals surface area contributed by atoms with Crippen molar-refractivity contribution in [2.45, 2.75) is 13.2 Å². The average Bonchev–Trinajstić information content (AvgIpc) is 2.59. The van der Waals surface area contributed by atoms with Crippen LogP contribution in [-0.2, 0) is 13.2 Å². The average molecular weight is 178 g/mol. The van der Waals surface area contributed by atoms with Crippen molar-refractivity contribution >= 4 is 5.52 Å². The van der Waals surface area contributed by atoms with Crippen LogP contribution in [0.5, 0.6) is 0 Å². The Hall–Kier alpha value is -1.39. The number of aliphatic hydroxyl groups is 2. The molecule has 68 valence electrons. The largest absolute Gasteiger partial charge is 0.392 e. The molecular formula is C9H10N2O2. The molecule has 0 saturated carbocycles. The summed E-state index contributed by atoms with van der Waals surface area (Å²) in [5.41, 5.74) is 2.44. The van der Waals surface area contributed by atoms with Gasteiger partial charge in [0.1, 0.15) is 0 Å². The summed E-state index contributed by atoms with van der Waals surface area (Å²) < 4.78 is 1.67. The number of hydrogen-bond donors (Lipinski definition) is 2. The highest BCUT2D eigenvalue weighted by Gasteiger charge is 2.02. The zero-order valence-electron chi connectivity index (χ0n) is 7.01. The predicted molar refractivity (Wildman–Crippen MR) is 47.0 cm³/mol. The molecule has 2 aromatic heterocycles. The minimum absolute atomic E-state index is 0.00650. The molecule has 4 heteroatoms. The molecule has 0 aromatic carbocycles. The Balaban J connectivity index is 2.64. The van der Waals surface area contributed by atoms with E-state index in [-0.39, 0.29) is 13.2 Å². The van der Waals surface area contributed by atoms with E-state index in [4.69, 9.17) is 10.2 Å². The van der Waals surface area contributed by atoms with Crippen molar-refractivity contribution in [1.29, 1.82) is 0 Å². The maximum Gasteiger partial charge on any atom is 0.0720 e. The highest BCUT2D eigenvalue weighted by molar-refractivity contribution is 5.54. The number of hydrogen-bond acceptors (Lipinski definition) is 3. The summed E-state index contributed by atoms with van der Waals surface area (Å²) in [5, 5.41) is 21.9. The highest BCUT2D eigenvalue weighted by atomic mass is 16.3. The van der Waals surface area contributed by atoms with E-state index in [1.807, 2.05) is 6.07 Å². The van der Waals surface area contributed by atoms with Crippen LogP contribution in [0.25, 0.3) is 5.52 Å². The van der Waals surface area contributed by atoms with Crippen molar-refractivity contribution in [2.75, 3.05) is 0 Å². The zero-order valence-corrected chi connectivity index (χ0v) is 7.01. The van der Waals surface area contributed by atoms with Gasteiger partial charge in [0.25, 0.3) is 0 Å². The summed E-state index contributed by atoms with van der Waals surface area (Å²) in [6.07, 6.45) is 3.39. The van der Waals surface area contributed by atoms with Gasteiger partial charge in [-0.25, -0.2) is 4.52 Å². The lowest BCUT2D eigenvalue weighted by molar-refractivity contribution is 0.280. The van der Waals surface area contributed by atoms with Crippen LogP contribution in [0.3, 0.4) is 0 Å². The Labute approximate surface area is 75.1 Å². The van der Waals surface area contributed by atoms with Gasteiger partial charge in [0.15, 0.2) is 0 Å². The third kappa shape index (κ3) is 1.30. The van der Waals surface area contributed by atoms with E-state index in [1.54, 1.807) is 23.0 Å². The second-order valence-corrected chi connectivity index (χ2v) is 2.85. The summed E-state index contributed by atoms with van der Waals surface area (Å²) in [4.78, 5) is 0. The molecule has 13 heavy (non-hydrogen) atoms. The Morgan fingerprint density at radius 3 is 2.85 bits per heavy atom. The molecule has 2 aromatic rings. The molecule has 0 aliphatic carbocycles. The summed E-state index contributed by atoms with van der Waals surface area (Å²) in [6.45, 7) is -0.0229. The number of aromatic nitrogens is 2. The third-order valence-corrected chi connectivity index (χ3v) is 2.02. The van der Waals surface area contributed by atoms with Crippen LogP contribution in [0.1, 0.15) is 11.1 Å². The van der Waals surface area contributed by atoms with Gasteiger partial charge in [0, 0.05) is 11.8 Å². The van der Waals surface area contributed by atoms with Crippen molar-refractivity contribution in [1.82, 2.24) is 9.61 Å². The van der Waals surface area contributed by atoms with E-state index in [1.165, 1.54) is 0 Å². The number of fused-ring (bicyclic) bond motifs is 1. The molecule has 0 atom stereocenters. The van der Waals surface area contributed by atoms with Crippen molar-refractivity contribution in [3.8, 4) is 0 Å². The van der Waals surface area contributed by atoms with Crippen LogP contribution in [0.4, 0.5) is 0 Å². The molecule has 0 fully saturated rings. The van der Waals surface area contributed by atoms with Gasteiger partial charge < -0.3 is 10.2 Å². The topological polar surface area (TPSA) is 57.8 Å². The first-order valence-electron chi connectivity index (χ1n) is 4.02. The summed E-state index contributed by atoms with van der Waals surface area (Å²) >= 11 is 0. The Kier molecular flexibility index (Phi) is 2.00. The molecule has 0 spiro atoms. The Morgan fingerprint density at radius 1 is 1.31 bits per heavy atom. The predicted octanol–water partition coefficient (Wildman–Crippen LogP) is 0.319. The fraction of sp³-hybridized carbons (Fsp3) is 0.222. The fourth-order valence-corrected chi connectivity index (χ4v) is 1.30. The maximum absolute atomic E-state index is 8.97. The quantitative estimate of drug-likeness (QED) is 0.696. The normalized spacial score (nSPS) is 10.9. The van der Waals surface area contributed by atoms with Crippen LogP contribution < -0.4 is 0 Å². The molecule has 2 heterocycles. The van der Waals surface area contributed by atoms with Gasteiger partial charge in [-0.1, -0.05) is 0 Å². The van der Waals surface area contributed by atoms with Gasteiger partial charge >= 0.3 is 0 Å². The molecule has 2 rings (SSSR count). The minimum atomic E-state index is -0.0294. The van der Waals surface area contributed by atoms with E-state index in [2.05, 4.69) is 5.10 Å². The summed E-state index contributed by atoms with van der Waals surface area (Å²) in [5.74, 6) is 0. The van der Waals surface area contributed by atoms with Gasteiger partial charge in [0.2, 0.25) is 0 Å². The molecule has 0 aliphatic rings. The molecule has 4 nitrogen and oxygen atoms in total. The summed E-state index contributed by atoms with van der Waals surface area (Å²) in [6, 6.07) is 3.61. The standard InChI is InChI=1S/C9H10N2O2/c12-5-7-1-2-11-9(3-7)8(6-13)4-10-11/h1-4,12-13H,5-6H2. The van der Waals surface area contributed by atoms with Gasteiger partial charge in [-0.3, -0.25) is 0 Å². The number of nitrogens with zero attached hydrogens (tertiary/aromatic N) is 2. The second kappa shape index (κ2) is 3.16. The van der Waals surface area contributed by atoms with Crippen molar-refractivity contribution in [2.24, 2.45) is 0 Å². The highest BCUT2D eigenvalue weighted by Crippen LogP contribution is 2.12. The molecule has 0 radical (unpaired) electrons. The van der Waals surface area contributed by atoms with Gasteiger partial charge in [-0.15, -0.1) is 0 Å². The molecule has 0 bridgehead atoms. The lowest BCUT2D eigenvalue weighted by atomic mass is 10.2. The SMILES string of the molecule is OCc1ccn2ncc(CO)c2c1. The number of pyridine rings is 1. The Morgan fingerprint density at radius 2 is 2.15 bits per heavy atom. The number of rotatable bonds is 2. The van der Waals surface area contributed by atoms with Crippen LogP contribution >= 0.6 is 0 Å². The first kappa shape index (κ1) is 8.22. The lowest BCUT2D eigenvalue weighted by Gasteiger charge is -1.98. The summed E-state index contributed by atoms with van der Waals surface area (Å²) in [7, 11) is 0. The van der Waals surface area contributed by atoms with E-state index in [9.17, 15) is 0 Å². The first-order chi connectivity index (χ1) is 6.35. The molecule has 0 unspecified atom stereocenters. The Bertz CT molecular complexity index is 422. The van der Waals surface area contributed by atoms with Crippen molar-refractivity contribution in [3.05, 3.63) is 35.7 Å². The second-order valence-electron chi connectivity index (χ2n) is 2.85. The van der Waals surface area contributed by atoms with Crippen molar-refractivity contribution in [3.63, 3.8) is 0 Å². The van der Waals surface area contributed by atoms with E-state index < -0.39 is 0 Å². The first-order valence-corrected chi connectivity index (χ1v) is 4.02. The number of aliphatic hydroxyl groups excluding tert-OH is 2. The smallest absolute Gasteiger partial charge is 0.0720 e. The van der Waals surface area contributed by atoms with Crippen LogP contribution in [0.2, 0.25) is 0 Å². The lowest BCUT2D eigenvalue weighted by Crippen LogP contribution is -1.90. The van der Waals surface area contributed by atoms with Crippen LogP contribution in [-0.4, -0.2) is 19.8 Å². The third-order valence-electron chi connectivity index (χ3n) is 2.02. The van der Waals surface area contributed by atoms with E-state index >= 15 is 0 Å². The maximum atomic E-state index is 8.97. The molecule has 2 N–H and O–H groups in total.